The maximum absolute atomic E-state index is 13.7. The number of ether oxygens (including phenoxy) is 2. The zero-order valence-electron chi connectivity index (χ0n) is 26.1. The number of esters is 1. The van der Waals surface area contributed by atoms with E-state index >= 15 is 0 Å². The molecule has 2 heterocycles. The molecule has 1 N–H and O–H groups in total. The number of hydrogen-bond donors (Lipinski definition) is 1. The lowest BCUT2D eigenvalue weighted by Crippen LogP contribution is -2.56. The summed E-state index contributed by atoms with van der Waals surface area (Å²) >= 11 is 0. The van der Waals surface area contributed by atoms with E-state index in [-0.39, 0.29) is 55.4 Å². The fourth-order valence-corrected chi connectivity index (χ4v) is 5.95. The van der Waals surface area contributed by atoms with Crippen LogP contribution in [0, 0.1) is 0 Å². The molecule has 0 radical (unpaired) electrons. The fourth-order valence-electron chi connectivity index (χ4n) is 4.72. The van der Waals surface area contributed by atoms with Gasteiger partial charge in [0.15, 0.2) is 10.9 Å². The van der Waals surface area contributed by atoms with Crippen LogP contribution in [0.5, 0.6) is 0 Å². The average molecular weight is 652 g/mol. The van der Waals surface area contributed by atoms with Crippen LogP contribution in [0.1, 0.15) is 44.1 Å². The number of benzene rings is 2. The van der Waals surface area contributed by atoms with Crippen molar-refractivity contribution in [3.63, 3.8) is 0 Å². The van der Waals surface area contributed by atoms with Crippen molar-refractivity contribution in [2.75, 3.05) is 33.3 Å². The second-order valence-corrected chi connectivity index (χ2v) is 13.4. The molecule has 0 spiro atoms. The van der Waals surface area contributed by atoms with Gasteiger partial charge < -0.3 is 24.6 Å². The number of rotatable bonds is 9. The Morgan fingerprint density at radius 2 is 1.48 bits per heavy atom. The molecule has 4 rings (SSSR count). The van der Waals surface area contributed by atoms with E-state index in [1.54, 1.807) is 69.3 Å². The number of piperazine rings is 1. The van der Waals surface area contributed by atoms with Crippen LogP contribution in [0.4, 0.5) is 4.79 Å². The van der Waals surface area contributed by atoms with Crippen molar-refractivity contribution >= 4 is 33.7 Å². The summed E-state index contributed by atoms with van der Waals surface area (Å²) in [4.78, 5) is 63.5. The van der Waals surface area contributed by atoms with Crippen molar-refractivity contribution in [2.45, 2.75) is 55.2 Å². The summed E-state index contributed by atoms with van der Waals surface area (Å²) in [6.45, 7) is 5.95. The molecule has 14 heteroatoms. The number of nitrogens with one attached hydrogen (secondary N) is 1. The van der Waals surface area contributed by atoms with E-state index in [9.17, 15) is 27.6 Å². The van der Waals surface area contributed by atoms with Gasteiger partial charge in [-0.05, 0) is 39.3 Å². The van der Waals surface area contributed by atoms with Crippen molar-refractivity contribution in [2.24, 2.45) is 0 Å². The third-order valence-electron chi connectivity index (χ3n) is 6.98. The van der Waals surface area contributed by atoms with Crippen LogP contribution in [-0.2, 0) is 28.9 Å². The zero-order chi connectivity index (χ0) is 33.5. The smallest absolute Gasteiger partial charge is 0.409 e. The molecule has 46 heavy (non-hydrogen) atoms. The SMILES string of the molecule is COC(=O)N1CCN(C(=O)C(CCC(=O)OC(C)(C)C)NC(=O)c2cc(S(=O)(=O)c3ccccc3)nc(-c3ccccc3)n2)CC1. The summed E-state index contributed by atoms with van der Waals surface area (Å²) in [6, 6.07) is 16.1. The molecule has 1 fully saturated rings. The van der Waals surface area contributed by atoms with Gasteiger partial charge in [-0.1, -0.05) is 48.5 Å². The molecule has 1 aliphatic rings. The minimum atomic E-state index is -4.15. The molecule has 0 saturated carbocycles. The van der Waals surface area contributed by atoms with E-state index in [2.05, 4.69) is 15.3 Å². The number of nitrogens with zero attached hydrogens (tertiary/aromatic N) is 4. The van der Waals surface area contributed by atoms with E-state index in [4.69, 9.17) is 9.47 Å². The molecule has 13 nitrogen and oxygen atoms in total. The van der Waals surface area contributed by atoms with Crippen molar-refractivity contribution in [1.82, 2.24) is 25.1 Å². The molecule has 1 unspecified atom stereocenters. The normalized spacial score (nSPS) is 14.3. The van der Waals surface area contributed by atoms with Gasteiger partial charge in [0.1, 0.15) is 17.3 Å². The van der Waals surface area contributed by atoms with Gasteiger partial charge in [-0.25, -0.2) is 23.2 Å². The Hall–Kier alpha value is -4.85. The van der Waals surface area contributed by atoms with E-state index in [0.717, 1.165) is 6.07 Å². The molecule has 0 aliphatic carbocycles. The summed E-state index contributed by atoms with van der Waals surface area (Å²) in [6.07, 6.45) is -0.785. The molecule has 0 bridgehead atoms. The zero-order valence-corrected chi connectivity index (χ0v) is 27.0. The summed E-state index contributed by atoms with van der Waals surface area (Å²) in [5.41, 5.74) is -0.559. The maximum Gasteiger partial charge on any atom is 0.409 e. The monoisotopic (exact) mass is 651 g/mol. The Bertz CT molecular complexity index is 1670. The van der Waals surface area contributed by atoms with Gasteiger partial charge in [-0.2, -0.15) is 0 Å². The molecule has 3 amide bonds. The predicted octanol–water partition coefficient (Wildman–Crippen LogP) is 3.11. The molecule has 1 atom stereocenters. The lowest BCUT2D eigenvalue weighted by Gasteiger charge is -2.35. The number of sulfone groups is 1. The number of amides is 3. The minimum Gasteiger partial charge on any atom is -0.460 e. The highest BCUT2D eigenvalue weighted by atomic mass is 32.2. The average Bonchev–Trinajstić information content (AvgIpc) is 3.05. The topological polar surface area (TPSA) is 165 Å². The molecule has 2 aromatic carbocycles. The lowest BCUT2D eigenvalue weighted by molar-refractivity contribution is -0.155. The third-order valence-corrected chi connectivity index (χ3v) is 8.63. The summed E-state index contributed by atoms with van der Waals surface area (Å²) < 4.78 is 37.2. The highest BCUT2D eigenvalue weighted by Crippen LogP contribution is 2.23. The molecule has 3 aromatic rings. The molecule has 1 saturated heterocycles. The van der Waals surface area contributed by atoms with Crippen molar-refractivity contribution in [1.29, 1.82) is 0 Å². The third kappa shape index (κ3) is 8.65. The number of carbonyl (C=O) groups excluding carboxylic acids is 4. The van der Waals surface area contributed by atoms with Gasteiger partial charge >= 0.3 is 12.1 Å². The van der Waals surface area contributed by atoms with E-state index in [1.165, 1.54) is 29.0 Å². The largest absolute Gasteiger partial charge is 0.460 e. The highest BCUT2D eigenvalue weighted by molar-refractivity contribution is 7.91. The van der Waals surface area contributed by atoms with Gasteiger partial charge in [0.25, 0.3) is 5.91 Å². The number of hydrogen-bond acceptors (Lipinski definition) is 10. The van der Waals surface area contributed by atoms with Crippen molar-refractivity contribution in [3.8, 4) is 11.4 Å². The van der Waals surface area contributed by atoms with E-state index in [0.29, 0.717) is 5.56 Å². The first-order valence-corrected chi connectivity index (χ1v) is 16.2. The van der Waals surface area contributed by atoms with Gasteiger partial charge in [0.2, 0.25) is 15.7 Å². The quantitative estimate of drug-likeness (QED) is 0.268. The fraction of sp³-hybridized carbons (Fsp3) is 0.375. The summed E-state index contributed by atoms with van der Waals surface area (Å²) in [5.74, 6) is -1.87. The summed E-state index contributed by atoms with van der Waals surface area (Å²) in [5, 5.41) is 2.27. The Kier molecular flexibility index (Phi) is 10.7. The second kappa shape index (κ2) is 14.5. The Morgan fingerprint density at radius 1 is 0.891 bits per heavy atom. The number of aromatic nitrogens is 2. The van der Waals surface area contributed by atoms with E-state index < -0.39 is 50.4 Å². The van der Waals surface area contributed by atoms with Crippen LogP contribution >= 0.6 is 0 Å². The van der Waals surface area contributed by atoms with Gasteiger partial charge in [0, 0.05) is 44.2 Å². The highest BCUT2D eigenvalue weighted by Gasteiger charge is 2.32. The Labute approximate surface area is 267 Å². The minimum absolute atomic E-state index is 0.00156. The number of methoxy groups -OCH3 is 1. The van der Waals surface area contributed by atoms with E-state index in [1.807, 2.05) is 0 Å². The Balaban J connectivity index is 1.65. The van der Waals surface area contributed by atoms with Crippen LogP contribution in [0.15, 0.2) is 76.7 Å². The van der Waals surface area contributed by atoms with Crippen molar-refractivity contribution < 1.29 is 37.1 Å². The first kappa shape index (κ1) is 34.0. The Morgan fingerprint density at radius 3 is 2.07 bits per heavy atom. The van der Waals surface area contributed by atoms with Crippen LogP contribution in [0.25, 0.3) is 11.4 Å². The van der Waals surface area contributed by atoms with Gasteiger partial charge in [0.05, 0.1) is 12.0 Å². The van der Waals surface area contributed by atoms with Crippen LogP contribution < -0.4 is 5.32 Å². The molecule has 1 aromatic heterocycles. The first-order valence-electron chi connectivity index (χ1n) is 14.7. The summed E-state index contributed by atoms with van der Waals surface area (Å²) in [7, 11) is -2.88. The number of carbonyl (C=O) groups is 4. The van der Waals surface area contributed by atoms with Gasteiger partial charge in [-0.3, -0.25) is 14.4 Å². The van der Waals surface area contributed by atoms with Crippen LogP contribution in [-0.4, -0.2) is 97.0 Å². The maximum atomic E-state index is 13.7. The van der Waals surface area contributed by atoms with Crippen LogP contribution in [0.3, 0.4) is 0 Å². The van der Waals surface area contributed by atoms with Crippen molar-refractivity contribution in [3.05, 3.63) is 72.4 Å². The second-order valence-electron chi connectivity index (χ2n) is 11.5. The molecular weight excluding hydrogens is 614 g/mol. The first-order chi connectivity index (χ1) is 21.8. The molecule has 244 valence electrons. The molecule has 1 aliphatic heterocycles. The predicted molar refractivity (Wildman–Crippen MR) is 166 cm³/mol. The van der Waals surface area contributed by atoms with Crippen LogP contribution in [0.2, 0.25) is 0 Å². The lowest BCUT2D eigenvalue weighted by atomic mass is 10.1. The van der Waals surface area contributed by atoms with Gasteiger partial charge in [-0.15, -0.1) is 0 Å². The standard InChI is InChI=1S/C32H37N5O8S/c1-32(2,3)45-27(38)16-15-24(30(40)36-17-19-37(20-18-36)31(41)44-4)34-29(39)25-21-26(46(42,43)23-13-9-6-10-14-23)35-28(33-25)22-11-7-5-8-12-22/h5-14,21,24H,15-20H2,1-4H3,(H,34,39). The molecular formula is C32H37N5O8S.